The summed E-state index contributed by atoms with van der Waals surface area (Å²) in [6, 6.07) is 4.41. The molecule has 0 radical (unpaired) electrons. The SMILES string of the molecule is C=C/C(=N\OC)OCC1CN(c2ccc(N3C=NN(C=O)CC3)c(F)c2)C(=O)O1.CC. The van der Waals surface area contributed by atoms with Crippen LogP contribution in [0.15, 0.2) is 41.1 Å². The van der Waals surface area contributed by atoms with Gasteiger partial charge in [-0.2, -0.15) is 5.10 Å². The summed E-state index contributed by atoms with van der Waals surface area (Å²) in [6.07, 6.45) is 2.19. The molecule has 1 unspecified atom stereocenters. The Morgan fingerprint density at radius 2 is 2.19 bits per heavy atom. The average molecular weight is 435 g/mol. The van der Waals surface area contributed by atoms with Crippen LogP contribution in [-0.4, -0.2) is 69.2 Å². The van der Waals surface area contributed by atoms with E-state index in [1.54, 1.807) is 17.0 Å². The summed E-state index contributed by atoms with van der Waals surface area (Å²) in [4.78, 5) is 30.4. The summed E-state index contributed by atoms with van der Waals surface area (Å²) in [5.74, 6) is -0.365. The molecule has 1 atom stereocenters. The highest BCUT2D eigenvalue weighted by molar-refractivity contribution is 5.91. The molecule has 0 aliphatic carbocycles. The standard InChI is InChI=1S/C18H20FN5O5.C2H6/c1-3-17(21-27-2)28-10-14-9-24(18(26)29-14)13-4-5-16(15(19)8-13)22-6-7-23(12-25)20-11-22;1-2/h3-5,8,11-12,14H,1,6-7,9-10H2,2H3;1-2H3/b21-17+;. The van der Waals surface area contributed by atoms with Gasteiger partial charge in [-0.25, -0.2) is 14.2 Å². The van der Waals surface area contributed by atoms with Crippen molar-refractivity contribution in [2.24, 2.45) is 10.3 Å². The van der Waals surface area contributed by atoms with Crippen molar-refractivity contribution in [2.45, 2.75) is 20.0 Å². The highest BCUT2D eigenvalue weighted by Gasteiger charge is 2.33. The molecule has 11 heteroatoms. The van der Waals surface area contributed by atoms with Gasteiger partial charge in [0.15, 0.2) is 6.10 Å². The monoisotopic (exact) mass is 435 g/mol. The first-order chi connectivity index (χ1) is 15.0. The van der Waals surface area contributed by atoms with Crippen molar-refractivity contribution >= 4 is 36.1 Å². The molecule has 0 spiro atoms. The van der Waals surface area contributed by atoms with Gasteiger partial charge in [0.25, 0.3) is 0 Å². The molecule has 1 fully saturated rings. The van der Waals surface area contributed by atoms with Gasteiger partial charge in [0.1, 0.15) is 25.9 Å². The number of hydrazone groups is 1. The first-order valence-corrected chi connectivity index (χ1v) is 9.72. The Labute approximate surface area is 180 Å². The van der Waals surface area contributed by atoms with Gasteiger partial charge < -0.3 is 19.2 Å². The van der Waals surface area contributed by atoms with E-state index < -0.39 is 18.0 Å². The van der Waals surface area contributed by atoms with E-state index in [2.05, 4.69) is 21.7 Å². The van der Waals surface area contributed by atoms with E-state index in [4.69, 9.17) is 9.47 Å². The molecule has 0 bridgehead atoms. The second-order valence-corrected chi connectivity index (χ2v) is 6.07. The molecule has 2 aliphatic rings. The van der Waals surface area contributed by atoms with Gasteiger partial charge in [0.05, 0.1) is 24.5 Å². The molecule has 1 aromatic rings. The summed E-state index contributed by atoms with van der Waals surface area (Å²) in [6.45, 7) is 8.53. The van der Waals surface area contributed by atoms with E-state index in [9.17, 15) is 14.0 Å². The molecule has 3 rings (SSSR count). The molecule has 2 heterocycles. The fourth-order valence-corrected chi connectivity index (χ4v) is 2.82. The maximum absolute atomic E-state index is 14.6. The molecule has 2 amide bonds. The van der Waals surface area contributed by atoms with E-state index in [-0.39, 0.29) is 19.0 Å². The molecule has 1 saturated heterocycles. The quantitative estimate of drug-likeness (QED) is 0.283. The number of halogens is 1. The minimum Gasteiger partial charge on any atom is -0.472 e. The van der Waals surface area contributed by atoms with E-state index >= 15 is 0 Å². The van der Waals surface area contributed by atoms with Gasteiger partial charge in [-0.1, -0.05) is 20.4 Å². The third kappa shape index (κ3) is 5.93. The Morgan fingerprint density at radius 1 is 1.42 bits per heavy atom. The lowest BCUT2D eigenvalue weighted by Gasteiger charge is -2.27. The Balaban J connectivity index is 0.00000166. The topological polar surface area (TPSA) is 96.3 Å². The number of carbonyl (C=O) groups excluding carboxylic acids is 2. The number of hydrogen-bond acceptors (Lipinski definition) is 8. The van der Waals surface area contributed by atoms with Crippen LogP contribution in [0.3, 0.4) is 0 Å². The predicted molar refractivity (Wildman–Crippen MR) is 115 cm³/mol. The predicted octanol–water partition coefficient (Wildman–Crippen LogP) is 2.56. The van der Waals surface area contributed by atoms with Crippen LogP contribution in [0.25, 0.3) is 0 Å². The second kappa shape index (κ2) is 11.5. The van der Waals surface area contributed by atoms with E-state index in [1.807, 2.05) is 13.8 Å². The van der Waals surface area contributed by atoms with E-state index in [0.717, 1.165) is 0 Å². The third-order valence-electron chi connectivity index (χ3n) is 4.23. The number of anilines is 2. The van der Waals surface area contributed by atoms with Gasteiger partial charge in [0.2, 0.25) is 12.3 Å². The number of amides is 2. The van der Waals surface area contributed by atoms with Gasteiger partial charge in [-0.05, 0) is 29.4 Å². The first-order valence-electron chi connectivity index (χ1n) is 9.72. The van der Waals surface area contributed by atoms with Crippen LogP contribution in [0.5, 0.6) is 0 Å². The molecule has 168 valence electrons. The number of oxime groups is 1. The number of carbonyl (C=O) groups is 2. The van der Waals surface area contributed by atoms with Crippen LogP contribution in [0.1, 0.15) is 13.8 Å². The van der Waals surface area contributed by atoms with Gasteiger partial charge >= 0.3 is 6.09 Å². The first kappa shape index (κ1) is 23.6. The Morgan fingerprint density at radius 3 is 2.77 bits per heavy atom. The summed E-state index contributed by atoms with van der Waals surface area (Å²) < 4.78 is 25.3. The normalized spacial score (nSPS) is 18.2. The number of ether oxygens (including phenoxy) is 2. The zero-order valence-corrected chi connectivity index (χ0v) is 17.7. The van der Waals surface area contributed by atoms with Crippen molar-refractivity contribution in [1.82, 2.24) is 5.01 Å². The minimum absolute atomic E-state index is 0.0501. The zero-order chi connectivity index (χ0) is 22.8. The van der Waals surface area contributed by atoms with Crippen molar-refractivity contribution in [3.63, 3.8) is 0 Å². The fourth-order valence-electron chi connectivity index (χ4n) is 2.82. The summed E-state index contributed by atoms with van der Waals surface area (Å²) >= 11 is 0. The van der Waals surface area contributed by atoms with Crippen molar-refractivity contribution < 1.29 is 28.3 Å². The highest BCUT2D eigenvalue weighted by Crippen LogP contribution is 2.28. The molecule has 10 nitrogen and oxygen atoms in total. The van der Waals surface area contributed by atoms with Crippen LogP contribution in [-0.2, 0) is 19.1 Å². The van der Waals surface area contributed by atoms with Crippen LogP contribution >= 0.6 is 0 Å². The van der Waals surface area contributed by atoms with E-state index in [1.165, 1.54) is 35.5 Å². The third-order valence-corrected chi connectivity index (χ3v) is 4.23. The molecule has 0 N–H and O–H groups in total. The molecule has 31 heavy (non-hydrogen) atoms. The molecule has 0 saturated carbocycles. The molecular weight excluding hydrogens is 409 g/mol. The maximum Gasteiger partial charge on any atom is 0.414 e. The van der Waals surface area contributed by atoms with Crippen LogP contribution < -0.4 is 9.80 Å². The van der Waals surface area contributed by atoms with Crippen LogP contribution in [0, 0.1) is 5.82 Å². The van der Waals surface area contributed by atoms with Gasteiger partial charge in [0, 0.05) is 6.54 Å². The molecular formula is C20H26FN5O5. The second-order valence-electron chi connectivity index (χ2n) is 6.07. The Kier molecular flexibility index (Phi) is 8.79. The zero-order valence-electron chi connectivity index (χ0n) is 17.7. The maximum atomic E-state index is 14.6. The molecule has 0 aromatic heterocycles. The number of cyclic esters (lactones) is 1. The smallest absolute Gasteiger partial charge is 0.414 e. The number of hydrogen-bond donors (Lipinski definition) is 0. The lowest BCUT2D eigenvalue weighted by Crippen LogP contribution is -2.37. The Hall–Kier alpha value is -3.63. The van der Waals surface area contributed by atoms with Crippen LogP contribution in [0.4, 0.5) is 20.6 Å². The lowest BCUT2D eigenvalue weighted by molar-refractivity contribution is -0.118. The molecule has 2 aliphatic heterocycles. The van der Waals surface area contributed by atoms with Crippen molar-refractivity contribution in [1.29, 1.82) is 0 Å². The average Bonchev–Trinajstić information content (AvgIpc) is 3.18. The largest absolute Gasteiger partial charge is 0.472 e. The lowest BCUT2D eigenvalue weighted by atomic mass is 10.2. The Bertz CT molecular complexity index is 847. The van der Waals surface area contributed by atoms with Crippen molar-refractivity contribution in [3.8, 4) is 0 Å². The summed E-state index contributed by atoms with van der Waals surface area (Å²) in [5.41, 5.74) is 0.651. The van der Waals surface area contributed by atoms with Gasteiger partial charge in [-0.3, -0.25) is 9.69 Å². The highest BCUT2D eigenvalue weighted by atomic mass is 19.1. The fraction of sp³-hybridized carbons (Fsp3) is 0.400. The summed E-state index contributed by atoms with van der Waals surface area (Å²) in [7, 11) is 1.37. The van der Waals surface area contributed by atoms with Gasteiger partial charge in [-0.15, -0.1) is 0 Å². The molecule has 1 aromatic carbocycles. The number of benzene rings is 1. The van der Waals surface area contributed by atoms with Crippen molar-refractivity contribution in [2.75, 3.05) is 43.2 Å². The number of rotatable bonds is 7. The van der Waals surface area contributed by atoms with Crippen molar-refractivity contribution in [3.05, 3.63) is 36.7 Å². The summed E-state index contributed by atoms with van der Waals surface area (Å²) in [5, 5.41) is 8.73. The van der Waals surface area contributed by atoms with E-state index in [0.29, 0.717) is 30.9 Å². The number of nitrogens with zero attached hydrogens (tertiary/aromatic N) is 5. The van der Waals surface area contributed by atoms with Crippen LogP contribution in [0.2, 0.25) is 0 Å². The minimum atomic E-state index is -0.601.